The summed E-state index contributed by atoms with van der Waals surface area (Å²) in [6.45, 7) is 0. The average molecular weight is 343 g/mol. The number of likely N-dealkylation sites (N-methyl/N-ethyl adjacent to an activating group) is 1. The fraction of sp³-hybridized carbons (Fsp3) is 0.176. The topological polar surface area (TPSA) is 68.1 Å². The van der Waals surface area contributed by atoms with E-state index in [-0.39, 0.29) is 17.9 Å². The lowest BCUT2D eigenvalue weighted by Gasteiger charge is -2.16. The highest BCUT2D eigenvalue weighted by molar-refractivity contribution is 6.30. The Morgan fingerprint density at radius 3 is 2.58 bits per heavy atom. The van der Waals surface area contributed by atoms with Gasteiger partial charge in [0.05, 0.1) is 22.5 Å². The van der Waals surface area contributed by atoms with Crippen molar-refractivity contribution in [2.75, 3.05) is 11.9 Å². The van der Waals surface area contributed by atoms with Crippen molar-refractivity contribution in [2.24, 2.45) is 7.05 Å². The minimum absolute atomic E-state index is 0.0649. The minimum atomic E-state index is -0.186. The van der Waals surface area contributed by atoms with Gasteiger partial charge in [-0.05, 0) is 18.2 Å². The number of fused-ring (bicyclic) bond motifs is 1. The van der Waals surface area contributed by atoms with Crippen molar-refractivity contribution in [1.29, 1.82) is 0 Å². The molecule has 1 amide bonds. The number of amides is 1. The molecule has 7 heteroatoms. The van der Waals surface area contributed by atoms with Crippen molar-refractivity contribution in [1.82, 2.24) is 14.8 Å². The Bertz CT molecular complexity index is 966. The maximum atomic E-state index is 12.6. The van der Waals surface area contributed by atoms with E-state index in [2.05, 4.69) is 10.1 Å². The lowest BCUT2D eigenvalue weighted by molar-refractivity contribution is -0.117. The van der Waals surface area contributed by atoms with E-state index in [0.717, 1.165) is 0 Å². The summed E-state index contributed by atoms with van der Waals surface area (Å²) < 4.78 is 1.26. The molecule has 0 saturated carbocycles. The normalized spacial score (nSPS) is 10.8. The molecular weight excluding hydrogens is 328 g/mol. The molecule has 1 aromatic carbocycles. The number of aromatic nitrogens is 3. The van der Waals surface area contributed by atoms with Gasteiger partial charge in [0.2, 0.25) is 5.91 Å². The van der Waals surface area contributed by atoms with E-state index in [0.29, 0.717) is 27.3 Å². The van der Waals surface area contributed by atoms with E-state index in [1.807, 2.05) is 6.07 Å². The molecule has 0 unspecified atom stereocenters. The number of aryl methyl sites for hydroxylation is 1. The van der Waals surface area contributed by atoms with Gasteiger partial charge < -0.3 is 0 Å². The minimum Gasteiger partial charge on any atom is -0.300 e. The Kier molecular flexibility index (Phi) is 4.31. The number of carbonyl (C=O) groups excluding carboxylic acids is 1. The zero-order valence-corrected chi connectivity index (χ0v) is 14.0. The quantitative estimate of drug-likeness (QED) is 0.731. The zero-order chi connectivity index (χ0) is 17.3. The molecule has 0 N–H and O–H groups in total. The number of benzene rings is 1. The predicted molar refractivity (Wildman–Crippen MR) is 93.3 cm³/mol. The first kappa shape index (κ1) is 16.1. The van der Waals surface area contributed by atoms with E-state index >= 15 is 0 Å². The van der Waals surface area contributed by atoms with Crippen molar-refractivity contribution in [3.8, 4) is 0 Å². The van der Waals surface area contributed by atoms with E-state index < -0.39 is 0 Å². The summed E-state index contributed by atoms with van der Waals surface area (Å²) in [5.74, 6) is 0.319. The number of anilines is 1. The van der Waals surface area contributed by atoms with Gasteiger partial charge in [-0.15, -0.1) is 0 Å². The Morgan fingerprint density at radius 1 is 1.21 bits per heavy atom. The second kappa shape index (κ2) is 6.41. The van der Waals surface area contributed by atoms with Crippen LogP contribution in [0.25, 0.3) is 10.8 Å². The summed E-state index contributed by atoms with van der Waals surface area (Å²) >= 11 is 5.81. The molecule has 122 valence electrons. The van der Waals surface area contributed by atoms with Crippen molar-refractivity contribution >= 4 is 34.1 Å². The molecule has 2 heterocycles. The van der Waals surface area contributed by atoms with Crippen LogP contribution in [0.1, 0.15) is 5.69 Å². The highest BCUT2D eigenvalue weighted by Crippen LogP contribution is 2.17. The summed E-state index contributed by atoms with van der Waals surface area (Å²) in [5, 5.41) is 5.98. The largest absolute Gasteiger partial charge is 0.300 e. The molecule has 0 saturated heterocycles. The van der Waals surface area contributed by atoms with E-state index in [9.17, 15) is 9.59 Å². The SMILES string of the molecule is CN(C(=O)Cc1nn(C)c(=O)c2ccccc12)c1ccc(Cl)cn1. The predicted octanol–water partition coefficient (Wildman–Crippen LogP) is 2.19. The van der Waals surface area contributed by atoms with Crippen LogP contribution in [0.15, 0.2) is 47.4 Å². The maximum absolute atomic E-state index is 12.6. The molecule has 0 spiro atoms. The lowest BCUT2D eigenvalue weighted by atomic mass is 10.1. The number of hydrogen-bond donors (Lipinski definition) is 0. The summed E-state index contributed by atoms with van der Waals surface area (Å²) in [5.41, 5.74) is 0.369. The van der Waals surface area contributed by atoms with Gasteiger partial charge in [0.25, 0.3) is 5.56 Å². The third-order valence-corrected chi connectivity index (χ3v) is 4.00. The van der Waals surface area contributed by atoms with Gasteiger partial charge in [-0.25, -0.2) is 9.67 Å². The number of hydrogen-bond acceptors (Lipinski definition) is 4. The Hall–Kier alpha value is -2.73. The summed E-state index contributed by atoms with van der Waals surface area (Å²) in [7, 11) is 3.22. The van der Waals surface area contributed by atoms with Crippen LogP contribution < -0.4 is 10.5 Å². The number of pyridine rings is 1. The monoisotopic (exact) mass is 342 g/mol. The molecule has 0 aliphatic heterocycles. The number of nitrogens with zero attached hydrogens (tertiary/aromatic N) is 4. The molecule has 0 aliphatic rings. The molecule has 24 heavy (non-hydrogen) atoms. The molecule has 3 rings (SSSR count). The smallest absolute Gasteiger partial charge is 0.274 e. The van der Waals surface area contributed by atoms with E-state index in [1.54, 1.807) is 44.4 Å². The van der Waals surface area contributed by atoms with Crippen LogP contribution in [-0.4, -0.2) is 27.7 Å². The zero-order valence-electron chi connectivity index (χ0n) is 13.2. The fourth-order valence-corrected chi connectivity index (χ4v) is 2.57. The molecular formula is C17H15ClN4O2. The van der Waals surface area contributed by atoms with Gasteiger partial charge >= 0.3 is 0 Å². The van der Waals surface area contributed by atoms with Crippen LogP contribution in [-0.2, 0) is 18.3 Å². The first-order valence-electron chi connectivity index (χ1n) is 7.30. The van der Waals surface area contributed by atoms with Crippen molar-refractivity contribution in [2.45, 2.75) is 6.42 Å². The van der Waals surface area contributed by atoms with Crippen LogP contribution >= 0.6 is 11.6 Å². The van der Waals surface area contributed by atoms with Gasteiger partial charge in [0.1, 0.15) is 5.82 Å². The molecule has 0 bridgehead atoms. The molecule has 0 radical (unpaired) electrons. The summed E-state index contributed by atoms with van der Waals surface area (Å²) in [6, 6.07) is 10.5. The molecule has 0 aliphatic carbocycles. The van der Waals surface area contributed by atoms with E-state index in [4.69, 9.17) is 11.6 Å². The average Bonchev–Trinajstić information content (AvgIpc) is 2.59. The van der Waals surface area contributed by atoms with Crippen molar-refractivity contribution < 1.29 is 4.79 Å². The molecule has 0 atom stereocenters. The Morgan fingerprint density at radius 2 is 1.92 bits per heavy atom. The van der Waals surface area contributed by atoms with Crippen LogP contribution in [0, 0.1) is 0 Å². The van der Waals surface area contributed by atoms with Gasteiger partial charge in [0, 0.05) is 25.7 Å². The first-order valence-corrected chi connectivity index (χ1v) is 7.68. The highest BCUT2D eigenvalue weighted by Gasteiger charge is 2.17. The maximum Gasteiger partial charge on any atom is 0.274 e. The first-order chi connectivity index (χ1) is 11.5. The standard InChI is InChI=1S/C17H15ClN4O2/c1-21(15-8-7-11(18)10-19-15)16(23)9-14-12-5-3-4-6-13(12)17(24)22(2)20-14/h3-8,10H,9H2,1-2H3. The van der Waals surface area contributed by atoms with E-state index in [1.165, 1.54) is 15.8 Å². The lowest BCUT2D eigenvalue weighted by Crippen LogP contribution is -2.30. The summed E-state index contributed by atoms with van der Waals surface area (Å²) in [6.07, 6.45) is 1.55. The second-order valence-electron chi connectivity index (χ2n) is 5.39. The van der Waals surface area contributed by atoms with Crippen LogP contribution in [0.2, 0.25) is 5.02 Å². The van der Waals surface area contributed by atoms with Crippen molar-refractivity contribution in [3.63, 3.8) is 0 Å². The summed E-state index contributed by atoms with van der Waals surface area (Å²) in [4.78, 5) is 30.3. The molecule has 6 nitrogen and oxygen atoms in total. The molecule has 2 aromatic heterocycles. The Labute approximate surface area is 143 Å². The van der Waals surface area contributed by atoms with Crippen LogP contribution in [0.3, 0.4) is 0 Å². The third-order valence-electron chi connectivity index (χ3n) is 3.78. The number of halogens is 1. The number of rotatable bonds is 3. The third kappa shape index (κ3) is 3.00. The van der Waals surface area contributed by atoms with Gasteiger partial charge in [-0.3, -0.25) is 14.5 Å². The molecule has 0 fully saturated rings. The highest BCUT2D eigenvalue weighted by atomic mass is 35.5. The van der Waals surface area contributed by atoms with Gasteiger partial charge in [0.15, 0.2) is 0 Å². The fourth-order valence-electron chi connectivity index (χ4n) is 2.46. The van der Waals surface area contributed by atoms with Crippen molar-refractivity contribution in [3.05, 3.63) is 63.7 Å². The Balaban J connectivity index is 1.95. The van der Waals surface area contributed by atoms with Gasteiger partial charge in [-0.2, -0.15) is 5.10 Å². The van der Waals surface area contributed by atoms with Crippen LogP contribution in [0.4, 0.5) is 5.82 Å². The second-order valence-corrected chi connectivity index (χ2v) is 5.82. The van der Waals surface area contributed by atoms with Gasteiger partial charge in [-0.1, -0.05) is 29.8 Å². The molecule has 3 aromatic rings. The number of carbonyl (C=O) groups is 1. The van der Waals surface area contributed by atoms with Crippen LogP contribution in [0.5, 0.6) is 0 Å².